The molecular formula is C37H43N5O3. The second-order valence-corrected chi connectivity index (χ2v) is 15.1. The van der Waals surface area contributed by atoms with E-state index < -0.39 is 0 Å². The summed E-state index contributed by atoms with van der Waals surface area (Å²) in [6.45, 7) is 7.66. The van der Waals surface area contributed by atoms with Crippen molar-refractivity contribution >= 4 is 33.8 Å². The zero-order valence-electron chi connectivity index (χ0n) is 26.9. The Hall–Kier alpha value is -3.81. The number of likely N-dealkylation sites (tertiary alicyclic amines) is 2. The van der Waals surface area contributed by atoms with Crippen molar-refractivity contribution in [1.29, 1.82) is 0 Å². The van der Waals surface area contributed by atoms with Gasteiger partial charge in [-0.2, -0.15) is 0 Å². The first-order valence-corrected chi connectivity index (χ1v) is 17.0. The number of carbonyl (C=O) groups excluding carboxylic acids is 2. The van der Waals surface area contributed by atoms with E-state index >= 15 is 0 Å². The van der Waals surface area contributed by atoms with Gasteiger partial charge in [-0.3, -0.25) is 9.59 Å². The number of aromatic nitrogens is 3. The predicted molar refractivity (Wildman–Crippen MR) is 174 cm³/mol. The second-order valence-electron chi connectivity index (χ2n) is 15.1. The average Bonchev–Trinajstić information content (AvgIpc) is 3.37. The predicted octanol–water partition coefficient (Wildman–Crippen LogP) is 6.21. The van der Waals surface area contributed by atoms with Crippen LogP contribution in [0.25, 0.3) is 33.5 Å². The van der Waals surface area contributed by atoms with E-state index in [1.54, 1.807) is 14.0 Å². The first kappa shape index (κ1) is 27.5. The summed E-state index contributed by atoms with van der Waals surface area (Å²) in [5.41, 5.74) is 6.61. The number of carbonyl (C=O) groups is 2. The molecule has 5 aliphatic rings. The zero-order chi connectivity index (χ0) is 30.8. The maximum atomic E-state index is 13.8. The lowest BCUT2D eigenvalue weighted by molar-refractivity contribution is -0.148. The first-order chi connectivity index (χ1) is 21.7. The van der Waals surface area contributed by atoms with E-state index in [1.807, 2.05) is 17.0 Å². The van der Waals surface area contributed by atoms with E-state index in [9.17, 15) is 9.59 Å². The Morgan fingerprint density at radius 3 is 2.51 bits per heavy atom. The maximum absolute atomic E-state index is 13.8. The normalized spacial score (nSPS) is 25.4. The molecule has 3 aliphatic carbocycles. The molecule has 2 aliphatic heterocycles. The van der Waals surface area contributed by atoms with Crippen LogP contribution in [0.4, 0.5) is 0 Å². The number of piperidine rings is 1. The molecule has 4 heterocycles. The molecule has 2 aromatic heterocycles. The number of nitrogens with zero attached hydrogens (tertiary/aromatic N) is 5. The van der Waals surface area contributed by atoms with Crippen LogP contribution in [0, 0.1) is 23.2 Å². The highest BCUT2D eigenvalue weighted by Crippen LogP contribution is 2.57. The number of para-hydroxylation sites is 1. The van der Waals surface area contributed by atoms with E-state index in [2.05, 4.69) is 52.3 Å². The number of fused-ring (bicyclic) bond motifs is 4. The van der Waals surface area contributed by atoms with Gasteiger partial charge in [0, 0.05) is 62.6 Å². The van der Waals surface area contributed by atoms with Gasteiger partial charge in [0.2, 0.25) is 5.91 Å². The van der Waals surface area contributed by atoms with Gasteiger partial charge >= 0.3 is 0 Å². The molecule has 1 unspecified atom stereocenters. The molecule has 0 radical (unpaired) electrons. The quantitative estimate of drug-likeness (QED) is 0.262. The van der Waals surface area contributed by atoms with Gasteiger partial charge < -0.3 is 23.7 Å². The molecule has 5 fully saturated rings. The summed E-state index contributed by atoms with van der Waals surface area (Å²) in [6, 6.07) is 13.3. The Morgan fingerprint density at radius 1 is 1.04 bits per heavy atom. The molecule has 45 heavy (non-hydrogen) atoms. The first-order valence-electron chi connectivity index (χ1n) is 17.0. The second kappa shape index (κ2) is 9.60. The lowest BCUT2D eigenvalue weighted by Gasteiger charge is -2.59. The van der Waals surface area contributed by atoms with E-state index in [0.717, 1.165) is 68.0 Å². The fourth-order valence-corrected chi connectivity index (χ4v) is 9.59. The zero-order valence-corrected chi connectivity index (χ0v) is 26.9. The van der Waals surface area contributed by atoms with Crippen LogP contribution in [0.3, 0.4) is 0 Å². The lowest BCUT2D eigenvalue weighted by Crippen LogP contribution is -2.62. The summed E-state index contributed by atoms with van der Waals surface area (Å²) in [6.07, 6.45) is 7.19. The molecule has 9 rings (SSSR count). The van der Waals surface area contributed by atoms with Crippen molar-refractivity contribution in [3.05, 3.63) is 47.5 Å². The van der Waals surface area contributed by atoms with Gasteiger partial charge in [0.15, 0.2) is 5.82 Å². The fourth-order valence-electron chi connectivity index (χ4n) is 9.59. The standard InChI is InChI=1S/C37H43N5O3/c1-21-25-10-11-30(21)42(18-25)36(44)26-12-29-34(32(14-26)45-4)39(3)35(38-29)31-13-24-6-5-7-28(33(24)41(31)17-23-8-9-23)27-15-37(16-27)19-40(20-37)22(2)43/h5-7,12-14,21,23,25,27,30H,8-11,15-20H2,1-4H3/t21?,25-,30-/m1/s1. The summed E-state index contributed by atoms with van der Waals surface area (Å²) in [5, 5.41) is 1.26. The number of aryl methyl sites for hydroxylation is 1. The molecule has 3 saturated carbocycles. The van der Waals surface area contributed by atoms with Crippen molar-refractivity contribution in [2.45, 2.75) is 70.9 Å². The van der Waals surface area contributed by atoms with Crippen LogP contribution in [0.5, 0.6) is 5.75 Å². The van der Waals surface area contributed by atoms with Crippen LogP contribution < -0.4 is 4.74 Å². The number of benzene rings is 2. The van der Waals surface area contributed by atoms with Gasteiger partial charge in [-0.05, 0) is 86.0 Å². The van der Waals surface area contributed by atoms with E-state index in [0.29, 0.717) is 46.4 Å². The lowest BCUT2D eigenvalue weighted by atomic mass is 9.56. The Bertz CT molecular complexity index is 1880. The van der Waals surface area contributed by atoms with Crippen molar-refractivity contribution in [3.8, 4) is 17.3 Å². The van der Waals surface area contributed by atoms with Crippen LogP contribution in [0.15, 0.2) is 36.4 Å². The van der Waals surface area contributed by atoms with Gasteiger partial charge in [-0.1, -0.05) is 25.1 Å². The van der Waals surface area contributed by atoms with Crippen LogP contribution >= 0.6 is 0 Å². The van der Waals surface area contributed by atoms with Crippen molar-refractivity contribution in [1.82, 2.24) is 23.9 Å². The minimum Gasteiger partial charge on any atom is -0.494 e. The number of ether oxygens (including phenoxy) is 1. The number of hydrogen-bond donors (Lipinski definition) is 0. The fraction of sp³-hybridized carbons (Fsp3) is 0.541. The summed E-state index contributed by atoms with van der Waals surface area (Å²) in [5.74, 6) is 4.31. The Balaban J connectivity index is 1.11. The molecule has 2 amide bonds. The minimum absolute atomic E-state index is 0.102. The van der Waals surface area contributed by atoms with E-state index in [4.69, 9.17) is 9.72 Å². The molecule has 2 bridgehead atoms. The van der Waals surface area contributed by atoms with Gasteiger partial charge in [0.25, 0.3) is 5.91 Å². The Morgan fingerprint density at radius 2 is 1.84 bits per heavy atom. The number of rotatable bonds is 6. The molecule has 8 heteroatoms. The Labute approximate surface area is 264 Å². The highest BCUT2D eigenvalue weighted by Gasteiger charge is 2.53. The summed E-state index contributed by atoms with van der Waals surface area (Å²) < 4.78 is 10.6. The third-order valence-electron chi connectivity index (χ3n) is 12.3. The van der Waals surface area contributed by atoms with Crippen molar-refractivity contribution < 1.29 is 14.3 Å². The van der Waals surface area contributed by atoms with Gasteiger partial charge in [0.1, 0.15) is 11.3 Å². The van der Waals surface area contributed by atoms with Gasteiger partial charge in [-0.15, -0.1) is 0 Å². The van der Waals surface area contributed by atoms with Crippen molar-refractivity contribution in [2.24, 2.45) is 30.2 Å². The van der Waals surface area contributed by atoms with Gasteiger partial charge in [0.05, 0.1) is 23.8 Å². The van der Waals surface area contributed by atoms with Crippen LogP contribution in [0.2, 0.25) is 0 Å². The third-order valence-corrected chi connectivity index (χ3v) is 12.3. The number of imidazole rings is 1. The minimum atomic E-state index is 0.102. The van der Waals surface area contributed by atoms with E-state index in [1.165, 1.54) is 35.7 Å². The topological polar surface area (TPSA) is 72.6 Å². The average molecular weight is 606 g/mol. The van der Waals surface area contributed by atoms with Crippen LogP contribution in [0.1, 0.15) is 74.2 Å². The third kappa shape index (κ3) is 4.06. The molecule has 2 aromatic carbocycles. The molecule has 2 saturated heterocycles. The van der Waals surface area contributed by atoms with Gasteiger partial charge in [-0.25, -0.2) is 4.98 Å². The molecular weight excluding hydrogens is 562 g/mol. The number of amides is 2. The molecule has 234 valence electrons. The summed E-state index contributed by atoms with van der Waals surface area (Å²) in [4.78, 5) is 35.0. The molecule has 4 aromatic rings. The summed E-state index contributed by atoms with van der Waals surface area (Å²) >= 11 is 0. The molecule has 0 N–H and O–H groups in total. The smallest absolute Gasteiger partial charge is 0.254 e. The number of methoxy groups -OCH3 is 1. The highest BCUT2D eigenvalue weighted by molar-refractivity contribution is 6.00. The van der Waals surface area contributed by atoms with Crippen LogP contribution in [-0.2, 0) is 18.4 Å². The largest absolute Gasteiger partial charge is 0.494 e. The van der Waals surface area contributed by atoms with E-state index in [-0.39, 0.29) is 11.8 Å². The highest BCUT2D eigenvalue weighted by atomic mass is 16.5. The van der Waals surface area contributed by atoms with Crippen molar-refractivity contribution in [3.63, 3.8) is 0 Å². The Kier molecular flexibility index (Phi) is 5.87. The van der Waals surface area contributed by atoms with Crippen molar-refractivity contribution in [2.75, 3.05) is 26.7 Å². The monoisotopic (exact) mass is 605 g/mol. The number of hydrogen-bond acceptors (Lipinski definition) is 4. The molecule has 8 nitrogen and oxygen atoms in total. The molecule has 1 spiro atoms. The van der Waals surface area contributed by atoms with Crippen LogP contribution in [-0.4, -0.2) is 68.5 Å². The SMILES string of the molecule is COc1cc(C(=O)N2C[C@H]3CC[C@@H]2C3C)cc2nc(-c3cc4cccc(C5CC6(C5)CN(C(C)=O)C6)c4n3CC3CC3)n(C)c12. The maximum Gasteiger partial charge on any atom is 0.254 e. The summed E-state index contributed by atoms with van der Waals surface area (Å²) in [7, 11) is 3.76. The molecule has 3 atom stereocenters.